The molecule has 0 spiro atoms. The second-order valence-electron chi connectivity index (χ2n) is 4.00. The minimum Gasteiger partial charge on any atom is -0.258 e. The molecule has 0 saturated carbocycles. The number of nitro groups is 2. The molecule has 0 aliphatic carbocycles. The summed E-state index contributed by atoms with van der Waals surface area (Å²) < 4.78 is 0. The van der Waals surface area contributed by atoms with Crippen molar-refractivity contribution >= 4 is 17.4 Å². The first kappa shape index (κ1) is 14.9. The quantitative estimate of drug-likeness (QED) is 0.614. The number of nitrogens with zero attached hydrogens (tertiary/aromatic N) is 4. The number of carbonyl (C=O) groups is 1. The van der Waals surface area contributed by atoms with Gasteiger partial charge in [0.2, 0.25) is 0 Å². The molecule has 9 heteroatoms. The number of urea groups is 1. The van der Waals surface area contributed by atoms with Gasteiger partial charge in [0, 0.05) is 12.1 Å². The minimum absolute atomic E-state index is 0.402. The summed E-state index contributed by atoms with van der Waals surface area (Å²) in [6.45, 7) is 0. The molecule has 110 valence electrons. The van der Waals surface area contributed by atoms with Crippen LogP contribution in [-0.2, 0) is 0 Å². The van der Waals surface area contributed by atoms with Gasteiger partial charge in [0.25, 0.3) is 0 Å². The van der Waals surface area contributed by atoms with E-state index in [0.29, 0.717) is 10.7 Å². The van der Waals surface area contributed by atoms with E-state index in [0.717, 1.165) is 12.1 Å². The molecule has 0 atom stereocenters. The Hall–Kier alpha value is -3.49. The lowest BCUT2D eigenvalue weighted by Gasteiger charge is -1.91. The monoisotopic (exact) mass is 300 g/mol. The second kappa shape index (κ2) is 6.31. The summed E-state index contributed by atoms with van der Waals surface area (Å²) in [5.41, 5.74) is -0.968. The summed E-state index contributed by atoms with van der Waals surface area (Å²) in [7, 11) is 0. The zero-order chi connectivity index (χ0) is 16.1. The van der Waals surface area contributed by atoms with E-state index >= 15 is 0 Å². The first-order valence-electron chi connectivity index (χ1n) is 5.93. The van der Waals surface area contributed by atoms with Crippen LogP contribution < -0.4 is 10.7 Å². The number of para-hydroxylation sites is 4. The van der Waals surface area contributed by atoms with Crippen LogP contribution in [0.2, 0.25) is 0 Å². The van der Waals surface area contributed by atoms with Crippen LogP contribution in [0, 0.1) is 20.2 Å². The SMILES string of the molecule is O=C1N=c2ccccc2=N1.O=[N+]([O-])c1ccccc1[N+](=O)[O-]. The number of amides is 2. The third-order valence-corrected chi connectivity index (χ3v) is 2.59. The molecule has 0 bridgehead atoms. The van der Waals surface area contributed by atoms with Crippen LogP contribution in [0.1, 0.15) is 0 Å². The van der Waals surface area contributed by atoms with Gasteiger partial charge in [-0.05, 0) is 12.1 Å². The maximum atomic E-state index is 10.6. The van der Waals surface area contributed by atoms with Crippen molar-refractivity contribution in [3.63, 3.8) is 0 Å². The molecule has 1 heterocycles. The standard InChI is InChI=1S/C7H4N2O.C6H4N2O4/c10-7-8-5-3-1-2-4-6(5)9-7;9-7(10)5-3-1-2-4-6(5)8(11)12/h1-4H;1-4H. The predicted octanol–water partition coefficient (Wildman–Crippen LogP) is 1.56. The Balaban J connectivity index is 0.000000162. The largest absolute Gasteiger partial charge is 0.368 e. The van der Waals surface area contributed by atoms with Gasteiger partial charge in [-0.3, -0.25) is 20.2 Å². The molecule has 2 amide bonds. The van der Waals surface area contributed by atoms with Crippen LogP contribution in [0.3, 0.4) is 0 Å². The first-order valence-corrected chi connectivity index (χ1v) is 5.93. The summed E-state index contributed by atoms with van der Waals surface area (Å²) >= 11 is 0. The van der Waals surface area contributed by atoms with Gasteiger partial charge in [-0.25, -0.2) is 4.79 Å². The van der Waals surface area contributed by atoms with E-state index in [4.69, 9.17) is 0 Å². The summed E-state index contributed by atoms with van der Waals surface area (Å²) in [6, 6.07) is 11.7. The summed E-state index contributed by atoms with van der Waals surface area (Å²) in [4.78, 5) is 36.8. The Morgan fingerprint density at radius 1 is 0.727 bits per heavy atom. The predicted molar refractivity (Wildman–Crippen MR) is 73.9 cm³/mol. The highest BCUT2D eigenvalue weighted by Gasteiger charge is 2.21. The van der Waals surface area contributed by atoms with Gasteiger partial charge in [0.15, 0.2) is 0 Å². The molecule has 1 aliphatic rings. The van der Waals surface area contributed by atoms with Crippen molar-refractivity contribution in [2.75, 3.05) is 0 Å². The Bertz CT molecular complexity index is 808. The molecule has 3 rings (SSSR count). The van der Waals surface area contributed by atoms with E-state index in [9.17, 15) is 25.0 Å². The smallest absolute Gasteiger partial charge is 0.258 e. The van der Waals surface area contributed by atoms with Crippen molar-refractivity contribution in [1.29, 1.82) is 0 Å². The number of rotatable bonds is 2. The number of hydrogen-bond donors (Lipinski definition) is 0. The van der Waals surface area contributed by atoms with Gasteiger partial charge in [-0.1, -0.05) is 24.3 Å². The summed E-state index contributed by atoms with van der Waals surface area (Å²) in [5, 5.41) is 21.8. The average Bonchev–Trinajstić information content (AvgIpc) is 2.87. The highest BCUT2D eigenvalue weighted by molar-refractivity contribution is 5.77. The molecular weight excluding hydrogens is 292 g/mol. The molecule has 2 aromatic carbocycles. The Morgan fingerprint density at radius 3 is 1.45 bits per heavy atom. The molecule has 2 aromatic rings. The molecule has 0 fully saturated rings. The minimum atomic E-state index is -0.780. The number of carbonyl (C=O) groups excluding carboxylic acids is 1. The Morgan fingerprint density at radius 2 is 1.09 bits per heavy atom. The van der Waals surface area contributed by atoms with E-state index in [1.54, 1.807) is 12.1 Å². The van der Waals surface area contributed by atoms with Gasteiger partial charge in [0.05, 0.1) is 20.6 Å². The third kappa shape index (κ3) is 3.33. The van der Waals surface area contributed by atoms with E-state index in [1.807, 2.05) is 12.1 Å². The molecule has 9 nitrogen and oxygen atoms in total. The van der Waals surface area contributed by atoms with E-state index in [-0.39, 0.29) is 0 Å². The lowest BCUT2D eigenvalue weighted by atomic mass is 10.3. The number of fused-ring (bicyclic) bond motifs is 1. The molecule has 0 unspecified atom stereocenters. The van der Waals surface area contributed by atoms with Crippen molar-refractivity contribution in [3.05, 3.63) is 79.5 Å². The molecule has 0 radical (unpaired) electrons. The maximum absolute atomic E-state index is 10.6. The molecule has 0 N–H and O–H groups in total. The van der Waals surface area contributed by atoms with Crippen molar-refractivity contribution in [2.45, 2.75) is 0 Å². The Kier molecular flexibility index (Phi) is 4.27. The fourth-order valence-corrected chi connectivity index (χ4v) is 1.66. The van der Waals surface area contributed by atoms with Crippen LogP contribution in [0.4, 0.5) is 16.2 Å². The normalized spacial score (nSPS) is 11.4. The van der Waals surface area contributed by atoms with Crippen molar-refractivity contribution in [1.82, 2.24) is 0 Å². The topological polar surface area (TPSA) is 128 Å². The molecule has 0 saturated heterocycles. The number of nitro benzene ring substituents is 2. The van der Waals surface area contributed by atoms with Crippen LogP contribution in [-0.4, -0.2) is 15.9 Å². The zero-order valence-electron chi connectivity index (χ0n) is 10.9. The van der Waals surface area contributed by atoms with Gasteiger partial charge >= 0.3 is 17.4 Å². The second-order valence-corrected chi connectivity index (χ2v) is 4.00. The molecule has 0 aromatic heterocycles. The van der Waals surface area contributed by atoms with Crippen molar-refractivity contribution in [3.8, 4) is 0 Å². The van der Waals surface area contributed by atoms with E-state index < -0.39 is 27.3 Å². The van der Waals surface area contributed by atoms with E-state index in [2.05, 4.69) is 9.98 Å². The van der Waals surface area contributed by atoms with Crippen molar-refractivity contribution in [2.24, 2.45) is 9.98 Å². The number of hydrogen-bond acceptors (Lipinski definition) is 5. The van der Waals surface area contributed by atoms with Gasteiger partial charge in [-0.2, -0.15) is 9.98 Å². The van der Waals surface area contributed by atoms with Crippen LogP contribution in [0.25, 0.3) is 0 Å². The first-order chi connectivity index (χ1) is 10.5. The summed E-state index contributed by atoms with van der Waals surface area (Å²) in [6.07, 6.45) is 0. The molecule has 22 heavy (non-hydrogen) atoms. The lowest BCUT2D eigenvalue weighted by molar-refractivity contribution is -0.422. The fraction of sp³-hybridized carbons (Fsp3) is 0. The fourth-order valence-electron chi connectivity index (χ4n) is 1.66. The van der Waals surface area contributed by atoms with E-state index in [1.165, 1.54) is 12.1 Å². The lowest BCUT2D eigenvalue weighted by Crippen LogP contribution is -2.19. The average molecular weight is 300 g/mol. The maximum Gasteiger partial charge on any atom is 0.368 e. The third-order valence-electron chi connectivity index (χ3n) is 2.59. The van der Waals surface area contributed by atoms with Crippen molar-refractivity contribution < 1.29 is 14.6 Å². The van der Waals surface area contributed by atoms with Crippen LogP contribution >= 0.6 is 0 Å². The van der Waals surface area contributed by atoms with Gasteiger partial charge < -0.3 is 0 Å². The molecular formula is C13H8N4O5. The highest BCUT2D eigenvalue weighted by Crippen LogP contribution is 2.24. The van der Waals surface area contributed by atoms with Gasteiger partial charge in [0.1, 0.15) is 0 Å². The zero-order valence-corrected chi connectivity index (χ0v) is 10.9. The van der Waals surface area contributed by atoms with Crippen LogP contribution in [0.15, 0.2) is 58.5 Å². The highest BCUT2D eigenvalue weighted by atomic mass is 16.6. The molecule has 1 aliphatic heterocycles. The Labute approximate surface area is 122 Å². The van der Waals surface area contributed by atoms with Crippen LogP contribution in [0.5, 0.6) is 0 Å². The number of benzene rings is 2. The summed E-state index contributed by atoms with van der Waals surface area (Å²) in [5.74, 6) is 0. The van der Waals surface area contributed by atoms with Gasteiger partial charge in [-0.15, -0.1) is 0 Å².